The van der Waals surface area contributed by atoms with E-state index in [4.69, 9.17) is 14.5 Å². The number of nitrogens with zero attached hydrogens (tertiary/aromatic N) is 3. The van der Waals surface area contributed by atoms with Crippen molar-refractivity contribution in [2.45, 2.75) is 77.6 Å². The summed E-state index contributed by atoms with van der Waals surface area (Å²) in [6, 6.07) is 8.35. The Morgan fingerprint density at radius 1 is 1.25 bits per heavy atom. The Kier molecular flexibility index (Phi) is 8.30. The number of pyridine rings is 1. The number of aromatic nitrogens is 2. The summed E-state index contributed by atoms with van der Waals surface area (Å²) in [5.74, 6) is 0.179. The standard InChI is InChI=1S/C31H40BrN3O5/c1-6-34-27-8-7-21(32)12-24(27)26(13-31(3,4)17-36)29(34)25-11-20(14-33-28(25)18(2)39-5)19-9-22-15-40-16-23(10-19)35(22)30(37)38/h7-8,11-12,14,18-19,22-23,36H,6,9-10,13,15-17H2,1-5H3,(H,37,38)/t18-,19?,22-,23+/m0/s1. The van der Waals surface area contributed by atoms with Crippen molar-refractivity contribution in [3.63, 3.8) is 0 Å². The minimum atomic E-state index is -0.866. The predicted molar refractivity (Wildman–Crippen MR) is 159 cm³/mol. The fourth-order valence-electron chi connectivity index (χ4n) is 6.59. The van der Waals surface area contributed by atoms with Crippen molar-refractivity contribution in [2.75, 3.05) is 26.9 Å². The monoisotopic (exact) mass is 613 g/mol. The van der Waals surface area contributed by atoms with Crippen molar-refractivity contribution in [3.05, 3.63) is 51.8 Å². The number of aliphatic hydroxyl groups excluding tert-OH is 1. The van der Waals surface area contributed by atoms with E-state index >= 15 is 0 Å². The van der Waals surface area contributed by atoms with Gasteiger partial charge in [-0.25, -0.2) is 4.79 Å². The zero-order chi connectivity index (χ0) is 28.8. The van der Waals surface area contributed by atoms with Crippen LogP contribution in [-0.2, 0) is 22.4 Å². The second-order valence-electron chi connectivity index (χ2n) is 12.0. The lowest BCUT2D eigenvalue weighted by atomic mass is 9.80. The number of carboxylic acid groups (broad SMARTS) is 1. The molecule has 4 heterocycles. The van der Waals surface area contributed by atoms with Crippen LogP contribution in [0.25, 0.3) is 22.2 Å². The molecule has 2 aliphatic rings. The number of fused-ring (bicyclic) bond motifs is 3. The third-order valence-corrected chi connectivity index (χ3v) is 9.17. The van der Waals surface area contributed by atoms with Crippen LogP contribution in [0, 0.1) is 5.41 Å². The Morgan fingerprint density at radius 3 is 2.55 bits per heavy atom. The second-order valence-corrected chi connectivity index (χ2v) is 12.9. The minimum Gasteiger partial charge on any atom is -0.465 e. The van der Waals surface area contributed by atoms with Gasteiger partial charge in [-0.15, -0.1) is 0 Å². The summed E-state index contributed by atoms with van der Waals surface area (Å²) in [5.41, 5.74) is 6.15. The maximum absolute atomic E-state index is 12.0. The molecule has 2 fully saturated rings. The summed E-state index contributed by atoms with van der Waals surface area (Å²) >= 11 is 3.68. The van der Waals surface area contributed by atoms with Crippen LogP contribution in [-0.4, -0.2) is 69.8 Å². The number of aryl methyl sites for hydroxylation is 1. The molecule has 3 aromatic rings. The summed E-state index contributed by atoms with van der Waals surface area (Å²) in [6.45, 7) is 10.1. The van der Waals surface area contributed by atoms with Gasteiger partial charge in [0.25, 0.3) is 0 Å². The highest BCUT2D eigenvalue weighted by molar-refractivity contribution is 9.10. The zero-order valence-electron chi connectivity index (χ0n) is 24.0. The van der Waals surface area contributed by atoms with Gasteiger partial charge in [-0.05, 0) is 79.8 Å². The van der Waals surface area contributed by atoms with Gasteiger partial charge in [0, 0.05) is 47.4 Å². The number of hydrogen-bond donors (Lipinski definition) is 2. The summed E-state index contributed by atoms with van der Waals surface area (Å²) in [5, 5.41) is 21.2. The van der Waals surface area contributed by atoms with Crippen LogP contribution in [0.15, 0.2) is 34.9 Å². The Morgan fingerprint density at radius 2 is 1.95 bits per heavy atom. The van der Waals surface area contributed by atoms with Crippen LogP contribution in [0.2, 0.25) is 0 Å². The first-order valence-corrected chi connectivity index (χ1v) is 14.9. The first-order valence-electron chi connectivity index (χ1n) is 14.1. The van der Waals surface area contributed by atoms with Gasteiger partial charge in [0.15, 0.2) is 0 Å². The van der Waals surface area contributed by atoms with Gasteiger partial charge in [-0.2, -0.15) is 0 Å². The van der Waals surface area contributed by atoms with E-state index < -0.39 is 6.09 Å². The molecule has 0 radical (unpaired) electrons. The summed E-state index contributed by atoms with van der Waals surface area (Å²) in [6.07, 6.45) is 2.98. The third kappa shape index (κ3) is 5.29. The Labute approximate surface area is 244 Å². The van der Waals surface area contributed by atoms with Crippen LogP contribution in [0.3, 0.4) is 0 Å². The average Bonchev–Trinajstić information content (AvgIpc) is 3.22. The quantitative estimate of drug-likeness (QED) is 0.306. The number of amides is 1. The highest BCUT2D eigenvalue weighted by Gasteiger charge is 2.42. The molecule has 1 amide bonds. The number of ether oxygens (including phenoxy) is 2. The molecule has 0 aliphatic carbocycles. The van der Waals surface area contributed by atoms with Crippen LogP contribution >= 0.6 is 15.9 Å². The number of carbonyl (C=O) groups is 1. The van der Waals surface area contributed by atoms with Crippen LogP contribution in [0.4, 0.5) is 4.79 Å². The van der Waals surface area contributed by atoms with Crippen molar-refractivity contribution in [1.82, 2.24) is 14.5 Å². The van der Waals surface area contributed by atoms with E-state index in [0.717, 1.165) is 44.4 Å². The van der Waals surface area contributed by atoms with Gasteiger partial charge in [-0.1, -0.05) is 29.8 Å². The number of methoxy groups -OCH3 is 1. The molecule has 1 unspecified atom stereocenters. The molecule has 2 N–H and O–H groups in total. The second kappa shape index (κ2) is 11.4. The summed E-state index contributed by atoms with van der Waals surface area (Å²) in [4.78, 5) is 18.6. The predicted octanol–water partition coefficient (Wildman–Crippen LogP) is 6.38. The van der Waals surface area contributed by atoms with E-state index in [1.54, 1.807) is 12.0 Å². The molecular formula is C31H40BrN3O5. The van der Waals surface area contributed by atoms with Crippen LogP contribution < -0.4 is 0 Å². The number of aliphatic hydroxyl groups is 1. The molecule has 9 heteroatoms. The SMILES string of the molecule is CCn1c(-c2cc(C3C[C@H]4COC[C@@H](C3)N4C(=O)O)cnc2[C@H](C)OC)c(CC(C)(C)CO)c2cc(Br)ccc21. The fraction of sp³-hybridized carbons (Fsp3) is 0.548. The van der Waals surface area contributed by atoms with Crippen LogP contribution in [0.5, 0.6) is 0 Å². The molecule has 1 aromatic carbocycles. The van der Waals surface area contributed by atoms with E-state index in [0.29, 0.717) is 32.5 Å². The van der Waals surface area contributed by atoms with Crippen molar-refractivity contribution in [2.24, 2.45) is 5.41 Å². The minimum absolute atomic E-state index is 0.0753. The van der Waals surface area contributed by atoms with Gasteiger partial charge >= 0.3 is 6.09 Å². The van der Waals surface area contributed by atoms with E-state index in [1.807, 2.05) is 13.1 Å². The molecule has 40 heavy (non-hydrogen) atoms. The Hall–Kier alpha value is -2.46. The molecule has 2 aromatic heterocycles. The molecular weight excluding hydrogens is 574 g/mol. The molecule has 2 saturated heterocycles. The maximum Gasteiger partial charge on any atom is 0.407 e. The molecule has 8 nitrogen and oxygen atoms in total. The first kappa shape index (κ1) is 29.0. The van der Waals surface area contributed by atoms with Crippen molar-refractivity contribution >= 4 is 32.9 Å². The summed E-state index contributed by atoms with van der Waals surface area (Å²) in [7, 11) is 1.70. The topological polar surface area (TPSA) is 97.1 Å². The molecule has 0 saturated carbocycles. The number of morpholine rings is 1. The smallest absolute Gasteiger partial charge is 0.407 e. The van der Waals surface area contributed by atoms with Gasteiger partial charge in [0.1, 0.15) is 0 Å². The molecule has 4 atom stereocenters. The highest BCUT2D eigenvalue weighted by atomic mass is 79.9. The number of piperidine rings is 1. The molecule has 216 valence electrons. The van der Waals surface area contributed by atoms with Gasteiger partial charge in [0.2, 0.25) is 0 Å². The molecule has 0 spiro atoms. The first-order chi connectivity index (χ1) is 19.1. The Balaban J connectivity index is 1.70. The lowest BCUT2D eigenvalue weighted by Gasteiger charge is -2.47. The highest BCUT2D eigenvalue weighted by Crippen LogP contribution is 2.44. The molecule has 2 aliphatic heterocycles. The largest absolute Gasteiger partial charge is 0.465 e. The number of rotatable bonds is 8. The average molecular weight is 615 g/mol. The fourth-order valence-corrected chi connectivity index (χ4v) is 6.95. The zero-order valence-corrected chi connectivity index (χ0v) is 25.6. The van der Waals surface area contributed by atoms with Crippen molar-refractivity contribution in [1.29, 1.82) is 0 Å². The van der Waals surface area contributed by atoms with Crippen molar-refractivity contribution < 1.29 is 24.5 Å². The van der Waals surface area contributed by atoms with E-state index in [9.17, 15) is 15.0 Å². The van der Waals surface area contributed by atoms with E-state index in [-0.39, 0.29) is 36.1 Å². The number of halogens is 1. The normalized spacial score (nSPS) is 22.1. The van der Waals surface area contributed by atoms with Crippen LogP contribution in [0.1, 0.15) is 69.4 Å². The third-order valence-electron chi connectivity index (χ3n) is 8.68. The number of hydrogen-bond acceptors (Lipinski definition) is 5. The lowest BCUT2D eigenvalue weighted by molar-refractivity contribution is -0.0646. The van der Waals surface area contributed by atoms with E-state index in [1.165, 1.54) is 5.56 Å². The molecule has 2 bridgehead atoms. The Bertz CT molecular complexity index is 1390. The van der Waals surface area contributed by atoms with E-state index in [2.05, 4.69) is 65.5 Å². The lowest BCUT2D eigenvalue weighted by Crippen LogP contribution is -2.58. The van der Waals surface area contributed by atoms with Gasteiger partial charge in [0.05, 0.1) is 42.8 Å². The summed E-state index contributed by atoms with van der Waals surface area (Å²) < 4.78 is 14.9. The van der Waals surface area contributed by atoms with Gasteiger partial charge in [-0.3, -0.25) is 9.88 Å². The maximum atomic E-state index is 12.0. The molecule has 5 rings (SSSR count). The van der Waals surface area contributed by atoms with Gasteiger partial charge < -0.3 is 24.3 Å². The van der Waals surface area contributed by atoms with Crippen molar-refractivity contribution in [3.8, 4) is 11.3 Å². The number of benzene rings is 1.